The molecule has 0 aliphatic rings. The van der Waals surface area contributed by atoms with E-state index in [1.165, 1.54) is 0 Å². The van der Waals surface area contributed by atoms with E-state index in [-0.39, 0.29) is 0 Å². The molecule has 0 amide bonds. The molecule has 2 unspecified atom stereocenters. The molecule has 2 nitrogen and oxygen atoms in total. The van der Waals surface area contributed by atoms with Crippen LogP contribution >= 0.6 is 23.2 Å². The molecule has 0 bridgehead atoms. The Hall–Kier alpha value is -0.470. The summed E-state index contributed by atoms with van der Waals surface area (Å²) in [6, 6.07) is 3.98. The molecule has 0 aliphatic heterocycles. The van der Waals surface area contributed by atoms with Gasteiger partial charge in [-0.2, -0.15) is 0 Å². The second kappa shape index (κ2) is 5.42. The lowest BCUT2D eigenvalue weighted by Crippen LogP contribution is -2.25. The maximum Gasteiger partial charge on any atom is 0.126 e. The predicted octanol–water partition coefficient (Wildman–Crippen LogP) is 3.41. The number of hydrogen-bond acceptors (Lipinski definition) is 2. The molecule has 4 heteroatoms. The molecular weight excluding hydrogens is 219 g/mol. The Morgan fingerprint density at radius 1 is 1.43 bits per heavy atom. The standard InChI is InChI=1S/C10H14Cl2N2/c1-7(5-11)8(2)14-10-4-3-9(12)6-13-10/h3-4,6-8H,5H2,1-2H3,(H,13,14). The fraction of sp³-hybridized carbons (Fsp3) is 0.500. The van der Waals surface area contributed by atoms with Gasteiger partial charge in [0.05, 0.1) is 5.02 Å². The molecule has 78 valence electrons. The van der Waals surface area contributed by atoms with Gasteiger partial charge in [-0.05, 0) is 25.0 Å². The highest BCUT2D eigenvalue weighted by Gasteiger charge is 2.10. The van der Waals surface area contributed by atoms with Crippen molar-refractivity contribution in [2.45, 2.75) is 19.9 Å². The zero-order valence-corrected chi connectivity index (χ0v) is 9.81. The third kappa shape index (κ3) is 3.35. The predicted molar refractivity (Wildman–Crippen MR) is 62.2 cm³/mol. The fourth-order valence-electron chi connectivity index (χ4n) is 0.970. The number of nitrogens with zero attached hydrogens (tertiary/aromatic N) is 1. The van der Waals surface area contributed by atoms with Crippen molar-refractivity contribution >= 4 is 29.0 Å². The largest absolute Gasteiger partial charge is 0.367 e. The number of alkyl halides is 1. The molecule has 1 rings (SSSR count). The van der Waals surface area contributed by atoms with E-state index in [1.54, 1.807) is 6.20 Å². The van der Waals surface area contributed by atoms with Crippen molar-refractivity contribution in [2.24, 2.45) is 5.92 Å². The van der Waals surface area contributed by atoms with E-state index in [9.17, 15) is 0 Å². The number of pyridine rings is 1. The number of anilines is 1. The van der Waals surface area contributed by atoms with Crippen LogP contribution in [0.3, 0.4) is 0 Å². The third-order valence-corrected chi connectivity index (χ3v) is 2.91. The number of halogens is 2. The van der Waals surface area contributed by atoms with Gasteiger partial charge in [0.2, 0.25) is 0 Å². The normalized spacial score (nSPS) is 14.9. The van der Waals surface area contributed by atoms with Gasteiger partial charge in [0.1, 0.15) is 5.82 Å². The molecule has 0 aromatic carbocycles. The van der Waals surface area contributed by atoms with Crippen molar-refractivity contribution in [3.63, 3.8) is 0 Å². The Morgan fingerprint density at radius 2 is 2.14 bits per heavy atom. The SMILES string of the molecule is CC(CCl)C(C)Nc1ccc(Cl)cn1. The molecule has 1 aromatic rings. The van der Waals surface area contributed by atoms with Crippen LogP contribution in [0.15, 0.2) is 18.3 Å². The first kappa shape index (κ1) is 11.6. The van der Waals surface area contributed by atoms with E-state index in [1.807, 2.05) is 12.1 Å². The van der Waals surface area contributed by atoms with Crippen LogP contribution in [-0.2, 0) is 0 Å². The molecule has 1 aromatic heterocycles. The van der Waals surface area contributed by atoms with Gasteiger partial charge in [-0.25, -0.2) is 4.98 Å². The average molecular weight is 233 g/mol. The monoisotopic (exact) mass is 232 g/mol. The highest BCUT2D eigenvalue weighted by Crippen LogP contribution is 2.13. The van der Waals surface area contributed by atoms with Crippen molar-refractivity contribution in [3.05, 3.63) is 23.4 Å². The summed E-state index contributed by atoms with van der Waals surface area (Å²) in [4.78, 5) is 4.15. The summed E-state index contributed by atoms with van der Waals surface area (Å²) in [5.41, 5.74) is 0. The van der Waals surface area contributed by atoms with Gasteiger partial charge in [-0.15, -0.1) is 11.6 Å². The first-order valence-electron chi connectivity index (χ1n) is 4.57. The van der Waals surface area contributed by atoms with Gasteiger partial charge in [0, 0.05) is 18.1 Å². The Labute approximate surface area is 94.6 Å². The Kier molecular flexibility index (Phi) is 4.49. The maximum atomic E-state index is 5.76. The summed E-state index contributed by atoms with van der Waals surface area (Å²) in [6.45, 7) is 4.18. The highest BCUT2D eigenvalue weighted by molar-refractivity contribution is 6.30. The number of rotatable bonds is 4. The lowest BCUT2D eigenvalue weighted by Gasteiger charge is -2.19. The average Bonchev–Trinajstić information content (AvgIpc) is 2.20. The molecule has 1 heterocycles. The van der Waals surface area contributed by atoms with E-state index in [0.717, 1.165) is 5.82 Å². The molecule has 14 heavy (non-hydrogen) atoms. The van der Waals surface area contributed by atoms with Gasteiger partial charge in [-0.3, -0.25) is 0 Å². The van der Waals surface area contributed by atoms with Crippen LogP contribution in [0.4, 0.5) is 5.82 Å². The van der Waals surface area contributed by atoms with Crippen LogP contribution in [0, 0.1) is 5.92 Å². The van der Waals surface area contributed by atoms with E-state index >= 15 is 0 Å². The van der Waals surface area contributed by atoms with Gasteiger partial charge < -0.3 is 5.32 Å². The third-order valence-electron chi connectivity index (χ3n) is 2.20. The van der Waals surface area contributed by atoms with Crippen molar-refractivity contribution in [1.29, 1.82) is 0 Å². The van der Waals surface area contributed by atoms with Gasteiger partial charge in [0.15, 0.2) is 0 Å². The molecule has 0 saturated carbocycles. The second-order valence-electron chi connectivity index (χ2n) is 3.43. The van der Waals surface area contributed by atoms with Crippen LogP contribution in [0.25, 0.3) is 0 Å². The Balaban J connectivity index is 2.56. The fourth-order valence-corrected chi connectivity index (χ4v) is 1.35. The van der Waals surface area contributed by atoms with Gasteiger partial charge in [-0.1, -0.05) is 18.5 Å². The summed E-state index contributed by atoms with van der Waals surface area (Å²) in [7, 11) is 0. The molecule has 2 atom stereocenters. The topological polar surface area (TPSA) is 24.9 Å². The smallest absolute Gasteiger partial charge is 0.126 e. The summed E-state index contributed by atoms with van der Waals surface area (Å²) >= 11 is 11.5. The molecule has 0 fully saturated rings. The van der Waals surface area contributed by atoms with Crippen LogP contribution in [-0.4, -0.2) is 16.9 Å². The zero-order chi connectivity index (χ0) is 10.6. The molecule has 0 aliphatic carbocycles. The lowest BCUT2D eigenvalue weighted by atomic mass is 10.1. The van der Waals surface area contributed by atoms with Gasteiger partial charge >= 0.3 is 0 Å². The quantitative estimate of drug-likeness (QED) is 0.806. The van der Waals surface area contributed by atoms with E-state index in [0.29, 0.717) is 22.9 Å². The van der Waals surface area contributed by atoms with Crippen molar-refractivity contribution in [1.82, 2.24) is 4.98 Å². The van der Waals surface area contributed by atoms with Crippen LogP contribution < -0.4 is 5.32 Å². The zero-order valence-electron chi connectivity index (χ0n) is 8.30. The molecule has 0 radical (unpaired) electrons. The molecule has 1 N–H and O–H groups in total. The van der Waals surface area contributed by atoms with Crippen LogP contribution in [0.2, 0.25) is 5.02 Å². The minimum absolute atomic E-state index is 0.307. The molecular formula is C10H14Cl2N2. The van der Waals surface area contributed by atoms with Crippen molar-refractivity contribution in [2.75, 3.05) is 11.2 Å². The lowest BCUT2D eigenvalue weighted by molar-refractivity contribution is 0.564. The Bertz CT molecular complexity index is 274. The number of nitrogens with one attached hydrogen (secondary N) is 1. The minimum Gasteiger partial charge on any atom is -0.367 e. The highest BCUT2D eigenvalue weighted by atomic mass is 35.5. The van der Waals surface area contributed by atoms with E-state index in [2.05, 4.69) is 24.1 Å². The minimum atomic E-state index is 0.307. The number of hydrogen-bond donors (Lipinski definition) is 1. The molecule has 0 saturated heterocycles. The number of aromatic nitrogens is 1. The first-order valence-corrected chi connectivity index (χ1v) is 5.48. The maximum absolute atomic E-state index is 5.76. The van der Waals surface area contributed by atoms with Crippen molar-refractivity contribution in [3.8, 4) is 0 Å². The first-order chi connectivity index (χ1) is 6.63. The van der Waals surface area contributed by atoms with E-state index in [4.69, 9.17) is 23.2 Å². The second-order valence-corrected chi connectivity index (χ2v) is 4.17. The Morgan fingerprint density at radius 3 is 2.64 bits per heavy atom. The van der Waals surface area contributed by atoms with E-state index < -0.39 is 0 Å². The summed E-state index contributed by atoms with van der Waals surface area (Å²) in [5.74, 6) is 1.88. The van der Waals surface area contributed by atoms with Crippen molar-refractivity contribution < 1.29 is 0 Å². The van der Waals surface area contributed by atoms with Crippen LogP contribution in [0.1, 0.15) is 13.8 Å². The van der Waals surface area contributed by atoms with Crippen LogP contribution in [0.5, 0.6) is 0 Å². The summed E-state index contributed by atoms with van der Waals surface area (Å²) < 4.78 is 0. The summed E-state index contributed by atoms with van der Waals surface area (Å²) in [5, 5.41) is 3.91. The van der Waals surface area contributed by atoms with Gasteiger partial charge in [0.25, 0.3) is 0 Å². The summed E-state index contributed by atoms with van der Waals surface area (Å²) in [6.07, 6.45) is 1.63. The molecule has 0 spiro atoms.